The summed E-state index contributed by atoms with van der Waals surface area (Å²) in [6.07, 6.45) is 5.00. The average molecular weight is 476 g/mol. The highest BCUT2D eigenvalue weighted by Gasteiger charge is 2.48. The molecule has 10 nitrogen and oxygen atoms in total. The van der Waals surface area contributed by atoms with Crippen LogP contribution < -0.4 is 5.32 Å². The zero-order valence-corrected chi connectivity index (χ0v) is 19.6. The number of rotatable bonds is 10. The smallest absolute Gasteiger partial charge is 0.326 e. The van der Waals surface area contributed by atoms with Crippen molar-refractivity contribution in [2.75, 3.05) is 6.61 Å². The molecule has 3 rings (SSSR count). The van der Waals surface area contributed by atoms with E-state index in [1.54, 1.807) is 26.0 Å². The molecule has 1 saturated heterocycles. The molecule has 1 saturated carbocycles. The lowest BCUT2D eigenvalue weighted by molar-refractivity contribution is -0.384. The number of amides is 1. The second-order valence-electron chi connectivity index (χ2n) is 9.10. The van der Waals surface area contributed by atoms with Crippen molar-refractivity contribution in [2.24, 2.45) is 5.92 Å². The first-order chi connectivity index (χ1) is 16.2. The predicted molar refractivity (Wildman–Crippen MR) is 123 cm³/mol. The van der Waals surface area contributed by atoms with Crippen LogP contribution in [0.2, 0.25) is 0 Å². The Hall–Kier alpha value is -3.01. The van der Waals surface area contributed by atoms with E-state index < -0.39 is 35.0 Å². The molecule has 1 aliphatic carbocycles. The van der Waals surface area contributed by atoms with Gasteiger partial charge in [0.2, 0.25) is 5.91 Å². The van der Waals surface area contributed by atoms with Gasteiger partial charge in [-0.05, 0) is 57.4 Å². The minimum absolute atomic E-state index is 0.0114. The van der Waals surface area contributed by atoms with Crippen molar-refractivity contribution in [2.45, 2.75) is 83.0 Å². The van der Waals surface area contributed by atoms with Crippen molar-refractivity contribution in [3.05, 3.63) is 39.9 Å². The summed E-state index contributed by atoms with van der Waals surface area (Å²) < 4.78 is 5.18. The summed E-state index contributed by atoms with van der Waals surface area (Å²) in [5.74, 6) is -1.59. The van der Waals surface area contributed by atoms with Crippen LogP contribution in [0.5, 0.6) is 0 Å². The number of carbonyl (C=O) groups excluding carboxylic acids is 2. The minimum Gasteiger partial charge on any atom is -0.480 e. The fourth-order valence-corrected chi connectivity index (χ4v) is 5.20. The van der Waals surface area contributed by atoms with Crippen molar-refractivity contribution in [3.63, 3.8) is 0 Å². The standard InChI is InChI=1S/C24H33N3O7/c1-3-34-24(31)19(13-10-16-8-11-18(12-9-16)27(32)33)25-15(2)22(28)26-20-7-5-4-6-17(20)14-21(26)23(29)30/h8-9,11-12,15,17,19-21,25H,3-7,10,13-14H2,1-2H3,(H,29,30)/t15-,17+,19-,20+,21-/m0/s1. The maximum absolute atomic E-state index is 13.4. The van der Waals surface area contributed by atoms with Crippen LogP contribution in [0.15, 0.2) is 24.3 Å². The second-order valence-corrected chi connectivity index (χ2v) is 9.10. The SMILES string of the molecule is CCOC(=O)[C@H](CCc1ccc([N+](=O)[O-])cc1)N[C@@H](C)C(=O)N1[C@@H]2CCCC[C@@H]2C[C@H]1C(=O)O. The number of esters is 1. The van der Waals surface area contributed by atoms with E-state index in [-0.39, 0.29) is 30.2 Å². The van der Waals surface area contributed by atoms with Gasteiger partial charge in [-0.25, -0.2) is 4.79 Å². The zero-order valence-electron chi connectivity index (χ0n) is 19.6. The summed E-state index contributed by atoms with van der Waals surface area (Å²) in [6, 6.07) is 3.64. The maximum Gasteiger partial charge on any atom is 0.326 e. The number of carbonyl (C=O) groups is 3. The van der Waals surface area contributed by atoms with E-state index in [0.29, 0.717) is 19.3 Å². The first kappa shape index (κ1) is 25.6. The summed E-state index contributed by atoms with van der Waals surface area (Å²) in [4.78, 5) is 49.8. The molecular weight excluding hydrogens is 442 g/mol. The Bertz CT molecular complexity index is 904. The van der Waals surface area contributed by atoms with Gasteiger partial charge in [-0.2, -0.15) is 0 Å². The van der Waals surface area contributed by atoms with Crippen LogP contribution in [-0.2, 0) is 25.5 Å². The molecule has 0 bridgehead atoms. The van der Waals surface area contributed by atoms with E-state index in [4.69, 9.17) is 4.74 Å². The van der Waals surface area contributed by atoms with Gasteiger partial charge in [-0.3, -0.25) is 25.0 Å². The number of carboxylic acids is 1. The summed E-state index contributed by atoms with van der Waals surface area (Å²) in [7, 11) is 0. The van der Waals surface area contributed by atoms with Crippen molar-refractivity contribution < 1.29 is 29.2 Å². The van der Waals surface area contributed by atoms with Crippen LogP contribution >= 0.6 is 0 Å². The molecule has 0 spiro atoms. The number of likely N-dealkylation sites (tertiary alicyclic amines) is 1. The number of aliphatic carboxylic acids is 1. The number of fused-ring (bicyclic) bond motifs is 1. The van der Waals surface area contributed by atoms with E-state index in [0.717, 1.165) is 31.2 Å². The third-order valence-corrected chi connectivity index (χ3v) is 6.89. The Morgan fingerprint density at radius 2 is 1.91 bits per heavy atom. The van der Waals surface area contributed by atoms with Crippen LogP contribution in [0.1, 0.15) is 57.9 Å². The van der Waals surface area contributed by atoms with Gasteiger partial charge < -0.3 is 14.7 Å². The largest absolute Gasteiger partial charge is 0.480 e. The molecule has 1 heterocycles. The number of ether oxygens (including phenoxy) is 1. The number of nitrogens with one attached hydrogen (secondary N) is 1. The van der Waals surface area contributed by atoms with Crippen LogP contribution in [0, 0.1) is 16.0 Å². The second kappa shape index (κ2) is 11.4. The van der Waals surface area contributed by atoms with Gasteiger partial charge in [0.25, 0.3) is 5.69 Å². The lowest BCUT2D eigenvalue weighted by Crippen LogP contribution is -2.55. The summed E-state index contributed by atoms with van der Waals surface area (Å²) >= 11 is 0. The highest BCUT2D eigenvalue weighted by molar-refractivity contribution is 5.88. The third kappa shape index (κ3) is 5.91. The maximum atomic E-state index is 13.4. The molecule has 1 aromatic carbocycles. The van der Waals surface area contributed by atoms with Crippen LogP contribution in [0.4, 0.5) is 5.69 Å². The average Bonchev–Trinajstić information content (AvgIpc) is 3.21. The Morgan fingerprint density at radius 3 is 2.53 bits per heavy atom. The molecule has 186 valence electrons. The summed E-state index contributed by atoms with van der Waals surface area (Å²) in [5, 5.41) is 23.6. The lowest BCUT2D eigenvalue weighted by atomic mass is 9.84. The van der Waals surface area contributed by atoms with Crippen LogP contribution in [0.3, 0.4) is 0 Å². The van der Waals surface area contributed by atoms with Crippen molar-refractivity contribution in [3.8, 4) is 0 Å². The molecule has 2 aliphatic rings. The Balaban J connectivity index is 1.69. The zero-order chi connectivity index (χ0) is 24.8. The molecule has 0 unspecified atom stereocenters. The minimum atomic E-state index is -0.991. The number of aryl methyl sites for hydroxylation is 1. The molecule has 2 N–H and O–H groups in total. The molecular formula is C24H33N3O7. The number of hydrogen-bond donors (Lipinski definition) is 2. The monoisotopic (exact) mass is 475 g/mol. The topological polar surface area (TPSA) is 139 Å². The molecule has 34 heavy (non-hydrogen) atoms. The highest BCUT2D eigenvalue weighted by Crippen LogP contribution is 2.40. The van der Waals surface area contributed by atoms with E-state index in [9.17, 15) is 29.6 Å². The molecule has 1 amide bonds. The Labute approximate surface area is 198 Å². The van der Waals surface area contributed by atoms with Crippen molar-refractivity contribution >= 4 is 23.5 Å². The van der Waals surface area contributed by atoms with Crippen molar-refractivity contribution in [1.82, 2.24) is 10.2 Å². The number of carboxylic acid groups (broad SMARTS) is 1. The molecule has 5 atom stereocenters. The first-order valence-corrected chi connectivity index (χ1v) is 11.9. The Kier molecular flexibility index (Phi) is 8.60. The van der Waals surface area contributed by atoms with Gasteiger partial charge in [0.15, 0.2) is 0 Å². The molecule has 10 heteroatoms. The predicted octanol–water partition coefficient (Wildman–Crippen LogP) is 2.68. The van der Waals surface area contributed by atoms with E-state index in [1.165, 1.54) is 17.0 Å². The van der Waals surface area contributed by atoms with E-state index in [2.05, 4.69) is 5.32 Å². The van der Waals surface area contributed by atoms with Gasteiger partial charge >= 0.3 is 11.9 Å². The molecule has 2 fully saturated rings. The van der Waals surface area contributed by atoms with Gasteiger partial charge in [0.05, 0.1) is 17.6 Å². The van der Waals surface area contributed by atoms with E-state index in [1.807, 2.05) is 0 Å². The quantitative estimate of drug-likeness (QED) is 0.299. The number of benzene rings is 1. The van der Waals surface area contributed by atoms with Gasteiger partial charge in [-0.1, -0.05) is 25.0 Å². The lowest BCUT2D eigenvalue weighted by Gasteiger charge is -2.35. The van der Waals surface area contributed by atoms with Crippen LogP contribution in [0.25, 0.3) is 0 Å². The number of nitro benzene ring substituents is 1. The van der Waals surface area contributed by atoms with Gasteiger partial charge in [0, 0.05) is 18.2 Å². The number of nitrogens with zero attached hydrogens (tertiary/aromatic N) is 2. The number of non-ortho nitro benzene ring substituents is 1. The normalized spacial score (nSPS) is 23.6. The fourth-order valence-electron chi connectivity index (χ4n) is 5.20. The number of nitro groups is 1. The Morgan fingerprint density at radius 1 is 1.24 bits per heavy atom. The summed E-state index contributed by atoms with van der Waals surface area (Å²) in [6.45, 7) is 3.54. The highest BCUT2D eigenvalue weighted by atomic mass is 16.6. The first-order valence-electron chi connectivity index (χ1n) is 11.9. The molecule has 1 aliphatic heterocycles. The third-order valence-electron chi connectivity index (χ3n) is 6.89. The van der Waals surface area contributed by atoms with Gasteiger partial charge in [0.1, 0.15) is 12.1 Å². The van der Waals surface area contributed by atoms with Gasteiger partial charge in [-0.15, -0.1) is 0 Å². The molecule has 0 aromatic heterocycles. The van der Waals surface area contributed by atoms with Crippen molar-refractivity contribution in [1.29, 1.82) is 0 Å². The molecule has 0 radical (unpaired) electrons. The summed E-state index contributed by atoms with van der Waals surface area (Å²) in [5.41, 5.74) is 0.805. The fraction of sp³-hybridized carbons (Fsp3) is 0.625. The van der Waals surface area contributed by atoms with E-state index >= 15 is 0 Å². The number of hydrogen-bond acceptors (Lipinski definition) is 7. The molecule has 1 aromatic rings. The van der Waals surface area contributed by atoms with Crippen LogP contribution in [-0.4, -0.2) is 63.5 Å².